The Kier molecular flexibility index (Phi) is 3.69. The molecule has 2 aromatic carbocycles. The molecule has 1 aliphatic rings. The number of nitro groups is 1. The van der Waals surface area contributed by atoms with Gasteiger partial charge in [0.25, 0.3) is 5.88 Å². The average molecular weight is 350 g/mol. The van der Waals surface area contributed by atoms with Gasteiger partial charge in [-0.2, -0.15) is 0 Å². The minimum Gasteiger partial charge on any atom is -0.434 e. The van der Waals surface area contributed by atoms with E-state index in [0.717, 1.165) is 0 Å². The van der Waals surface area contributed by atoms with Gasteiger partial charge in [0, 0.05) is 7.05 Å². The fourth-order valence-corrected chi connectivity index (χ4v) is 3.25. The average Bonchev–Trinajstić information content (AvgIpc) is 2.67. The smallest absolute Gasteiger partial charge is 0.344 e. The number of para-hydroxylation sites is 1. The van der Waals surface area contributed by atoms with Crippen molar-refractivity contribution in [3.8, 4) is 5.75 Å². The van der Waals surface area contributed by atoms with Crippen LogP contribution >= 0.6 is 0 Å². The maximum absolute atomic E-state index is 12.7. The van der Waals surface area contributed by atoms with E-state index in [9.17, 15) is 14.9 Å². The molecule has 0 aliphatic carbocycles. The van der Waals surface area contributed by atoms with Crippen LogP contribution in [0.15, 0.2) is 75.4 Å². The van der Waals surface area contributed by atoms with Gasteiger partial charge in [0.05, 0.1) is 15.9 Å². The largest absolute Gasteiger partial charge is 0.434 e. The van der Waals surface area contributed by atoms with Crippen molar-refractivity contribution in [2.75, 3.05) is 7.05 Å². The molecule has 0 unspecified atom stereocenters. The molecule has 26 heavy (non-hydrogen) atoms. The zero-order valence-corrected chi connectivity index (χ0v) is 13.8. The van der Waals surface area contributed by atoms with Crippen molar-refractivity contribution in [1.82, 2.24) is 5.32 Å². The zero-order chi connectivity index (χ0) is 18.3. The third kappa shape index (κ3) is 2.33. The summed E-state index contributed by atoms with van der Waals surface area (Å²) in [6, 6.07) is 15.8. The first-order valence-corrected chi connectivity index (χ1v) is 7.96. The van der Waals surface area contributed by atoms with Gasteiger partial charge in [-0.15, -0.1) is 0 Å². The lowest BCUT2D eigenvalue weighted by molar-refractivity contribution is -0.432. The first kappa shape index (κ1) is 15.9. The second-order valence-electron chi connectivity index (χ2n) is 5.80. The van der Waals surface area contributed by atoms with Gasteiger partial charge < -0.3 is 14.5 Å². The summed E-state index contributed by atoms with van der Waals surface area (Å²) in [5.74, 6) is -0.619. The number of allylic oxidation sites excluding steroid dienone is 1. The Bertz CT molecular complexity index is 1100. The highest BCUT2D eigenvalue weighted by molar-refractivity contribution is 5.85. The lowest BCUT2D eigenvalue weighted by atomic mass is 9.87. The highest BCUT2D eigenvalue weighted by Crippen LogP contribution is 2.43. The Hall–Kier alpha value is -3.61. The molecular weight excluding hydrogens is 336 g/mol. The Morgan fingerprint density at radius 2 is 1.77 bits per heavy atom. The molecule has 2 heterocycles. The molecule has 0 spiro atoms. The Labute approximate surface area is 147 Å². The first-order chi connectivity index (χ1) is 12.6. The van der Waals surface area contributed by atoms with E-state index in [4.69, 9.17) is 9.15 Å². The Balaban J connectivity index is 2.11. The molecule has 0 radical (unpaired) electrons. The van der Waals surface area contributed by atoms with Crippen LogP contribution in [0.1, 0.15) is 17.0 Å². The van der Waals surface area contributed by atoms with Crippen LogP contribution in [0.3, 0.4) is 0 Å². The number of nitrogens with one attached hydrogen (secondary N) is 1. The van der Waals surface area contributed by atoms with Crippen molar-refractivity contribution in [2.45, 2.75) is 5.92 Å². The van der Waals surface area contributed by atoms with Crippen molar-refractivity contribution in [3.63, 3.8) is 0 Å². The van der Waals surface area contributed by atoms with Crippen LogP contribution in [0.25, 0.3) is 11.0 Å². The van der Waals surface area contributed by atoms with E-state index in [1.54, 1.807) is 61.6 Å². The molecule has 0 bridgehead atoms. The maximum atomic E-state index is 12.7. The second-order valence-corrected chi connectivity index (χ2v) is 5.80. The lowest BCUT2D eigenvalue weighted by Crippen LogP contribution is -2.31. The number of hydrogen-bond donors (Lipinski definition) is 1. The minimum atomic E-state index is -0.904. The number of benzene rings is 2. The number of fused-ring (bicyclic) bond motifs is 3. The Morgan fingerprint density at radius 1 is 1.08 bits per heavy atom. The second kappa shape index (κ2) is 6.03. The topological polar surface area (TPSA) is 94.6 Å². The lowest BCUT2D eigenvalue weighted by Gasteiger charge is -2.25. The number of nitrogens with zero attached hydrogens (tertiary/aromatic N) is 1. The van der Waals surface area contributed by atoms with Crippen LogP contribution in [0.2, 0.25) is 0 Å². The summed E-state index contributed by atoms with van der Waals surface area (Å²) >= 11 is 0. The van der Waals surface area contributed by atoms with E-state index < -0.39 is 16.5 Å². The maximum Gasteiger partial charge on any atom is 0.344 e. The molecule has 1 aliphatic heterocycles. The van der Waals surface area contributed by atoms with Crippen LogP contribution in [0, 0.1) is 10.1 Å². The van der Waals surface area contributed by atoms with Crippen LogP contribution in [0.5, 0.6) is 5.75 Å². The summed E-state index contributed by atoms with van der Waals surface area (Å²) in [4.78, 5) is 24.0. The summed E-state index contributed by atoms with van der Waals surface area (Å²) in [7, 11) is 1.54. The third-order valence-corrected chi connectivity index (χ3v) is 4.35. The van der Waals surface area contributed by atoms with E-state index in [2.05, 4.69) is 5.32 Å². The van der Waals surface area contributed by atoms with Crippen LogP contribution in [-0.4, -0.2) is 12.0 Å². The predicted octanol–water partition coefficient (Wildman–Crippen LogP) is 2.98. The molecular formula is C19H14N2O5. The quantitative estimate of drug-likeness (QED) is 0.443. The minimum absolute atomic E-state index is 0.00658. The highest BCUT2D eigenvalue weighted by atomic mass is 16.6. The molecule has 130 valence electrons. The summed E-state index contributed by atoms with van der Waals surface area (Å²) in [6.07, 6.45) is 0. The van der Waals surface area contributed by atoms with Crippen molar-refractivity contribution >= 4 is 11.0 Å². The molecule has 3 aromatic rings. The van der Waals surface area contributed by atoms with Gasteiger partial charge in [-0.05, 0) is 17.7 Å². The third-order valence-electron chi connectivity index (χ3n) is 4.35. The van der Waals surface area contributed by atoms with Gasteiger partial charge in [-0.1, -0.05) is 42.5 Å². The van der Waals surface area contributed by atoms with Gasteiger partial charge in [0.2, 0.25) is 0 Å². The first-order valence-electron chi connectivity index (χ1n) is 7.96. The van der Waals surface area contributed by atoms with Crippen molar-refractivity contribution in [1.29, 1.82) is 0 Å². The zero-order valence-electron chi connectivity index (χ0n) is 13.8. The van der Waals surface area contributed by atoms with Crippen molar-refractivity contribution < 1.29 is 14.1 Å². The molecule has 0 amide bonds. The molecule has 0 saturated heterocycles. The van der Waals surface area contributed by atoms with Crippen molar-refractivity contribution in [3.05, 3.63) is 97.8 Å². The fourth-order valence-electron chi connectivity index (χ4n) is 3.25. The summed E-state index contributed by atoms with van der Waals surface area (Å²) in [6.45, 7) is 0. The normalized spacial score (nSPS) is 16.1. The monoisotopic (exact) mass is 350 g/mol. The molecule has 1 aromatic heterocycles. The molecule has 0 saturated carbocycles. The summed E-state index contributed by atoms with van der Waals surface area (Å²) in [5, 5.41) is 15.1. The molecule has 0 fully saturated rings. The van der Waals surface area contributed by atoms with Gasteiger partial charge in [0.15, 0.2) is 5.75 Å². The summed E-state index contributed by atoms with van der Waals surface area (Å²) in [5.41, 5.74) is 0.221. The van der Waals surface area contributed by atoms with E-state index >= 15 is 0 Å². The van der Waals surface area contributed by atoms with Crippen LogP contribution in [0.4, 0.5) is 0 Å². The molecule has 1 N–H and O–H groups in total. The van der Waals surface area contributed by atoms with Crippen molar-refractivity contribution in [2.24, 2.45) is 0 Å². The Morgan fingerprint density at radius 3 is 2.46 bits per heavy atom. The number of ether oxygens (including phenoxy) is 1. The number of rotatable bonds is 3. The SMILES string of the molecule is CNC1=C([N+](=O)[O-])[C@@H](c2ccccc2)c2c(c3ccccc3oc2=O)O1. The van der Waals surface area contributed by atoms with Crippen LogP contribution < -0.4 is 15.7 Å². The predicted molar refractivity (Wildman–Crippen MR) is 94.5 cm³/mol. The van der Waals surface area contributed by atoms with Gasteiger partial charge in [0.1, 0.15) is 11.5 Å². The van der Waals surface area contributed by atoms with Gasteiger partial charge in [-0.3, -0.25) is 10.1 Å². The highest BCUT2D eigenvalue weighted by Gasteiger charge is 2.42. The van der Waals surface area contributed by atoms with Gasteiger partial charge in [-0.25, -0.2) is 4.79 Å². The van der Waals surface area contributed by atoms with E-state index in [0.29, 0.717) is 16.5 Å². The molecule has 7 heteroatoms. The van der Waals surface area contributed by atoms with E-state index in [1.165, 1.54) is 0 Å². The molecule has 1 atom stereocenters. The van der Waals surface area contributed by atoms with Gasteiger partial charge >= 0.3 is 11.3 Å². The molecule has 7 nitrogen and oxygen atoms in total. The van der Waals surface area contributed by atoms with Crippen LogP contribution in [-0.2, 0) is 0 Å². The standard InChI is InChI=1S/C19H14N2O5/c1-20-18-16(21(23)24)14(11-7-3-2-4-8-11)15-17(26-18)12-9-5-6-10-13(12)25-19(15)22/h2-10,14,20H,1H3/t14-/m0/s1. The number of hydrogen-bond acceptors (Lipinski definition) is 6. The fraction of sp³-hybridized carbons (Fsp3) is 0.105. The van der Waals surface area contributed by atoms with E-state index in [1.807, 2.05) is 0 Å². The molecule has 4 rings (SSSR count). The summed E-state index contributed by atoms with van der Waals surface area (Å²) < 4.78 is 11.2. The van der Waals surface area contributed by atoms with E-state index in [-0.39, 0.29) is 22.9 Å².